The Morgan fingerprint density at radius 2 is 1.92 bits per heavy atom. The summed E-state index contributed by atoms with van der Waals surface area (Å²) >= 11 is 1.26. The molecule has 0 bridgehead atoms. The highest BCUT2D eigenvalue weighted by atomic mass is 32.1. The average molecular weight is 387 g/mol. The summed E-state index contributed by atoms with van der Waals surface area (Å²) in [6.45, 7) is 8.24. The van der Waals surface area contributed by atoms with Crippen LogP contribution in [0.2, 0.25) is 0 Å². The summed E-state index contributed by atoms with van der Waals surface area (Å²) in [5.74, 6) is -0.270. The van der Waals surface area contributed by atoms with Crippen LogP contribution in [0.25, 0.3) is 0 Å². The van der Waals surface area contributed by atoms with Gasteiger partial charge in [0.1, 0.15) is 0 Å². The van der Waals surface area contributed by atoms with Crippen molar-refractivity contribution < 1.29 is 18.4 Å². The number of carbonyl (C=O) groups excluding carboxylic acids is 2. The van der Waals surface area contributed by atoms with Crippen LogP contribution in [-0.2, 0) is 4.79 Å². The number of nitrogens with one attached hydrogen (secondary N) is 2. The number of carbonyl (C=O) groups is 2. The second-order valence-electron chi connectivity index (χ2n) is 7.77. The van der Waals surface area contributed by atoms with Gasteiger partial charge in [0.2, 0.25) is 5.91 Å². The summed E-state index contributed by atoms with van der Waals surface area (Å²) in [5, 5.41) is 6.49. The van der Waals surface area contributed by atoms with Gasteiger partial charge in [0, 0.05) is 24.5 Å². The molecule has 0 saturated carbocycles. The van der Waals surface area contributed by atoms with E-state index in [-0.39, 0.29) is 24.4 Å². The lowest BCUT2D eigenvalue weighted by Crippen LogP contribution is -2.45. The predicted molar refractivity (Wildman–Crippen MR) is 100 cm³/mol. The van der Waals surface area contributed by atoms with Crippen molar-refractivity contribution in [3.8, 4) is 0 Å². The molecule has 0 aromatic carbocycles. The Bertz CT molecular complexity index is 647. The molecule has 1 aromatic rings. The van der Waals surface area contributed by atoms with E-state index in [0.717, 1.165) is 5.56 Å². The summed E-state index contributed by atoms with van der Waals surface area (Å²) in [6, 6.07) is 1.79. The van der Waals surface area contributed by atoms with Crippen LogP contribution in [0.4, 0.5) is 13.8 Å². The van der Waals surface area contributed by atoms with E-state index in [4.69, 9.17) is 0 Å². The fourth-order valence-corrected chi connectivity index (χ4v) is 3.75. The van der Waals surface area contributed by atoms with Gasteiger partial charge in [-0.2, -0.15) is 0 Å². The fourth-order valence-electron chi connectivity index (χ4n) is 2.77. The van der Waals surface area contributed by atoms with E-state index in [0.29, 0.717) is 35.8 Å². The van der Waals surface area contributed by atoms with Gasteiger partial charge < -0.3 is 10.6 Å². The number of rotatable bonds is 5. The molecule has 0 aliphatic carbocycles. The van der Waals surface area contributed by atoms with Gasteiger partial charge in [-0.25, -0.2) is 8.78 Å². The molecule has 0 radical (unpaired) electrons. The first kappa shape index (κ1) is 20.8. The number of thiophene rings is 1. The minimum Gasteiger partial charge on any atom is -0.349 e. The van der Waals surface area contributed by atoms with Gasteiger partial charge in [-0.3, -0.25) is 14.5 Å². The van der Waals surface area contributed by atoms with Gasteiger partial charge in [0.05, 0.1) is 16.4 Å². The lowest BCUT2D eigenvalue weighted by Gasteiger charge is -2.31. The number of piperidine rings is 1. The van der Waals surface area contributed by atoms with E-state index in [1.54, 1.807) is 11.0 Å². The quantitative estimate of drug-likeness (QED) is 0.813. The molecule has 5 nitrogen and oxygen atoms in total. The molecule has 1 fully saturated rings. The third kappa shape index (κ3) is 5.74. The molecule has 1 aliphatic heterocycles. The highest BCUT2D eigenvalue weighted by molar-refractivity contribution is 7.18. The Labute approximate surface area is 157 Å². The molecule has 26 heavy (non-hydrogen) atoms. The molecule has 1 saturated heterocycles. The highest BCUT2D eigenvalue weighted by Crippen LogP contribution is 2.28. The summed E-state index contributed by atoms with van der Waals surface area (Å²) in [6.07, 6.45) is -0.996. The molecule has 2 heterocycles. The van der Waals surface area contributed by atoms with Crippen LogP contribution in [-0.4, -0.2) is 48.8 Å². The Kier molecular flexibility index (Phi) is 6.74. The molecule has 0 unspecified atom stereocenters. The third-order valence-electron chi connectivity index (χ3n) is 4.36. The van der Waals surface area contributed by atoms with Crippen molar-refractivity contribution in [3.05, 3.63) is 16.5 Å². The van der Waals surface area contributed by atoms with Crippen molar-refractivity contribution in [3.63, 3.8) is 0 Å². The molecule has 2 N–H and O–H groups in total. The maximum Gasteiger partial charge on any atom is 0.261 e. The Morgan fingerprint density at radius 1 is 1.31 bits per heavy atom. The van der Waals surface area contributed by atoms with E-state index in [2.05, 4.69) is 10.6 Å². The van der Waals surface area contributed by atoms with Gasteiger partial charge in [0.25, 0.3) is 12.3 Å². The highest BCUT2D eigenvalue weighted by Gasteiger charge is 2.25. The molecule has 2 rings (SSSR count). The minimum atomic E-state index is -2.32. The second kappa shape index (κ2) is 8.43. The lowest BCUT2D eigenvalue weighted by atomic mass is 9.96. The smallest absolute Gasteiger partial charge is 0.261 e. The topological polar surface area (TPSA) is 61.4 Å². The van der Waals surface area contributed by atoms with Crippen molar-refractivity contribution in [1.82, 2.24) is 10.2 Å². The van der Waals surface area contributed by atoms with Gasteiger partial charge in [-0.1, -0.05) is 20.8 Å². The third-order valence-corrected chi connectivity index (χ3v) is 5.51. The molecular formula is C18H27F2N3O2S. The van der Waals surface area contributed by atoms with Gasteiger partial charge in [0.15, 0.2) is 0 Å². The number of halogens is 2. The van der Waals surface area contributed by atoms with Crippen LogP contribution in [0.1, 0.15) is 48.8 Å². The fraction of sp³-hybridized carbons (Fsp3) is 0.667. The normalized spacial score (nSPS) is 16.7. The number of anilines is 1. The molecule has 2 amide bonds. The predicted octanol–water partition coefficient (Wildman–Crippen LogP) is 3.50. The maximum atomic E-state index is 12.5. The van der Waals surface area contributed by atoms with Crippen molar-refractivity contribution in [1.29, 1.82) is 0 Å². The van der Waals surface area contributed by atoms with Crippen LogP contribution >= 0.6 is 11.3 Å². The van der Waals surface area contributed by atoms with E-state index in [1.165, 1.54) is 11.3 Å². The Balaban J connectivity index is 1.91. The number of hydrogen-bond donors (Lipinski definition) is 2. The van der Waals surface area contributed by atoms with E-state index >= 15 is 0 Å². The van der Waals surface area contributed by atoms with Crippen LogP contribution in [0.5, 0.6) is 0 Å². The standard InChI is InChI=1S/C18H27F2N3O2S/c1-11-9-14(22-17(25)18(2,3)4)26-15(11)16(24)21-12-5-7-23(8-6-12)10-13(19)20/h9,12-13H,5-8,10H2,1-4H3,(H,21,24)(H,22,25). The van der Waals surface area contributed by atoms with Crippen molar-refractivity contribution >= 4 is 28.2 Å². The van der Waals surface area contributed by atoms with Gasteiger partial charge >= 0.3 is 0 Å². The molecule has 0 atom stereocenters. The Hall–Kier alpha value is -1.54. The zero-order valence-electron chi connectivity index (χ0n) is 15.7. The van der Waals surface area contributed by atoms with E-state index < -0.39 is 11.8 Å². The van der Waals surface area contributed by atoms with Crippen LogP contribution in [0.15, 0.2) is 6.07 Å². The SMILES string of the molecule is Cc1cc(NC(=O)C(C)(C)C)sc1C(=O)NC1CCN(CC(F)F)CC1. The van der Waals surface area contributed by atoms with E-state index in [1.807, 2.05) is 27.7 Å². The summed E-state index contributed by atoms with van der Waals surface area (Å²) in [5.41, 5.74) is 0.304. The maximum absolute atomic E-state index is 12.5. The van der Waals surface area contributed by atoms with Gasteiger partial charge in [-0.15, -0.1) is 11.3 Å². The molecular weight excluding hydrogens is 360 g/mol. The van der Waals surface area contributed by atoms with Crippen molar-refractivity contribution in [2.24, 2.45) is 5.41 Å². The first-order valence-corrected chi connectivity index (χ1v) is 9.61. The first-order chi connectivity index (χ1) is 12.1. The molecule has 1 aromatic heterocycles. The molecule has 1 aliphatic rings. The number of nitrogens with zero attached hydrogens (tertiary/aromatic N) is 1. The van der Waals surface area contributed by atoms with Crippen LogP contribution in [0, 0.1) is 12.3 Å². The second-order valence-corrected chi connectivity index (χ2v) is 8.82. The molecule has 8 heteroatoms. The average Bonchev–Trinajstić information content (AvgIpc) is 2.88. The van der Waals surface area contributed by atoms with Crippen LogP contribution < -0.4 is 10.6 Å². The summed E-state index contributed by atoms with van der Waals surface area (Å²) < 4.78 is 24.8. The molecule has 0 spiro atoms. The first-order valence-electron chi connectivity index (χ1n) is 8.79. The lowest BCUT2D eigenvalue weighted by molar-refractivity contribution is -0.123. The minimum absolute atomic E-state index is 0.00876. The van der Waals surface area contributed by atoms with E-state index in [9.17, 15) is 18.4 Å². The number of aryl methyl sites for hydroxylation is 1. The number of likely N-dealkylation sites (tertiary alicyclic amines) is 1. The zero-order valence-corrected chi connectivity index (χ0v) is 16.5. The number of alkyl halides is 2. The van der Waals surface area contributed by atoms with Gasteiger partial charge in [-0.05, 0) is 31.4 Å². The number of amides is 2. The summed E-state index contributed by atoms with van der Waals surface area (Å²) in [7, 11) is 0. The number of hydrogen-bond acceptors (Lipinski definition) is 4. The summed E-state index contributed by atoms with van der Waals surface area (Å²) in [4.78, 5) is 26.9. The largest absolute Gasteiger partial charge is 0.349 e. The van der Waals surface area contributed by atoms with Crippen molar-refractivity contribution in [2.75, 3.05) is 25.0 Å². The zero-order chi connectivity index (χ0) is 19.5. The Morgan fingerprint density at radius 3 is 2.46 bits per heavy atom. The van der Waals surface area contributed by atoms with Crippen LogP contribution in [0.3, 0.4) is 0 Å². The molecule has 146 valence electrons. The van der Waals surface area contributed by atoms with Crippen molar-refractivity contribution in [2.45, 2.75) is 53.0 Å². The monoisotopic (exact) mass is 387 g/mol.